The average molecular weight is 364 g/mol. The number of carbonyl (C=O) groups excluding carboxylic acids is 2. The van der Waals surface area contributed by atoms with Crippen molar-refractivity contribution in [2.24, 2.45) is 0 Å². The summed E-state index contributed by atoms with van der Waals surface area (Å²) in [5.41, 5.74) is 2.07. The summed E-state index contributed by atoms with van der Waals surface area (Å²) < 4.78 is 0.971. The Morgan fingerprint density at radius 1 is 1.24 bits per heavy atom. The van der Waals surface area contributed by atoms with E-state index in [9.17, 15) is 9.59 Å². The molecule has 3 nitrogen and oxygen atoms in total. The molecule has 1 saturated heterocycles. The number of carbonyl (C=O) groups is 2. The van der Waals surface area contributed by atoms with E-state index in [1.165, 1.54) is 0 Å². The molecule has 1 aliphatic rings. The van der Waals surface area contributed by atoms with Crippen LogP contribution in [0.15, 0.2) is 40.2 Å². The molecule has 1 aliphatic heterocycles. The molecule has 5 heteroatoms. The Morgan fingerprint density at radius 2 is 2.00 bits per heavy atom. The highest BCUT2D eigenvalue weighted by Gasteiger charge is 2.39. The third kappa shape index (κ3) is 2.68. The van der Waals surface area contributed by atoms with E-state index in [0.717, 1.165) is 20.5 Å². The predicted octanol–water partition coefficient (Wildman–Crippen LogP) is 3.73. The number of rotatable bonds is 2. The molecule has 2 atom stereocenters. The zero-order valence-corrected chi connectivity index (χ0v) is 13.8. The lowest BCUT2D eigenvalue weighted by Gasteiger charge is -2.31. The van der Waals surface area contributed by atoms with Crippen LogP contribution >= 0.6 is 27.3 Å². The normalized spacial score (nSPS) is 22.2. The number of benzene rings is 1. The monoisotopic (exact) mass is 363 g/mol. The molecule has 0 spiro atoms. The smallest absolute Gasteiger partial charge is 0.234 e. The maximum absolute atomic E-state index is 12.4. The number of aryl methyl sites for hydroxylation is 1. The highest BCUT2D eigenvalue weighted by Crippen LogP contribution is 2.44. The second-order valence-corrected chi connectivity index (χ2v) is 6.99. The SMILES string of the molecule is Cc1ccccc1C1C(=O)NC(=O)CC1c1sccc1Br. The zero-order chi connectivity index (χ0) is 15.0. The Morgan fingerprint density at radius 3 is 2.67 bits per heavy atom. The molecule has 2 aromatic rings. The van der Waals surface area contributed by atoms with Gasteiger partial charge in [-0.25, -0.2) is 0 Å². The number of hydrogen-bond acceptors (Lipinski definition) is 3. The standard InChI is InChI=1S/C16H14BrNO2S/c1-9-4-2-3-5-10(9)14-11(8-13(19)18-16(14)20)15-12(17)6-7-21-15/h2-7,11,14H,8H2,1H3,(H,18,19,20). The predicted molar refractivity (Wildman–Crippen MR) is 86.4 cm³/mol. The molecular weight excluding hydrogens is 350 g/mol. The number of thiophene rings is 1. The van der Waals surface area contributed by atoms with Gasteiger partial charge in [0, 0.05) is 21.7 Å². The number of imide groups is 1. The average Bonchev–Trinajstić information content (AvgIpc) is 2.85. The molecule has 1 N–H and O–H groups in total. The second-order valence-electron chi connectivity index (χ2n) is 5.19. The van der Waals surface area contributed by atoms with Gasteiger partial charge in [0.15, 0.2) is 0 Å². The molecule has 2 unspecified atom stereocenters. The Bertz CT molecular complexity index is 710. The first kappa shape index (κ1) is 14.5. The Labute approximate surface area is 135 Å². The van der Waals surface area contributed by atoms with E-state index in [4.69, 9.17) is 0 Å². The molecule has 2 amide bonds. The van der Waals surface area contributed by atoms with Crippen molar-refractivity contribution in [3.05, 3.63) is 56.2 Å². The first-order valence-electron chi connectivity index (χ1n) is 6.70. The Balaban J connectivity index is 2.10. The summed E-state index contributed by atoms with van der Waals surface area (Å²) in [4.78, 5) is 25.3. The molecule has 1 aromatic heterocycles. The van der Waals surface area contributed by atoms with Crippen LogP contribution in [0.1, 0.15) is 34.3 Å². The zero-order valence-electron chi connectivity index (χ0n) is 11.4. The number of hydrogen-bond donors (Lipinski definition) is 1. The third-order valence-electron chi connectivity index (χ3n) is 3.86. The number of nitrogens with one attached hydrogen (secondary N) is 1. The summed E-state index contributed by atoms with van der Waals surface area (Å²) in [6, 6.07) is 9.84. The number of piperidine rings is 1. The van der Waals surface area contributed by atoms with Crippen LogP contribution in [0, 0.1) is 6.92 Å². The van der Waals surface area contributed by atoms with Gasteiger partial charge in [-0.2, -0.15) is 0 Å². The molecule has 0 saturated carbocycles. The lowest BCUT2D eigenvalue weighted by molar-refractivity contribution is -0.135. The van der Waals surface area contributed by atoms with Crippen molar-refractivity contribution < 1.29 is 9.59 Å². The van der Waals surface area contributed by atoms with E-state index in [1.54, 1.807) is 11.3 Å². The molecule has 1 fully saturated rings. The van der Waals surface area contributed by atoms with Gasteiger partial charge < -0.3 is 0 Å². The van der Waals surface area contributed by atoms with E-state index in [1.807, 2.05) is 42.6 Å². The van der Waals surface area contributed by atoms with Crippen molar-refractivity contribution in [2.45, 2.75) is 25.2 Å². The summed E-state index contributed by atoms with van der Waals surface area (Å²) in [7, 11) is 0. The van der Waals surface area contributed by atoms with Crippen molar-refractivity contribution >= 4 is 39.1 Å². The van der Waals surface area contributed by atoms with E-state index in [2.05, 4.69) is 21.2 Å². The van der Waals surface area contributed by atoms with Crippen molar-refractivity contribution in [1.82, 2.24) is 5.32 Å². The fraction of sp³-hybridized carbons (Fsp3) is 0.250. The van der Waals surface area contributed by atoms with E-state index in [0.29, 0.717) is 6.42 Å². The minimum absolute atomic E-state index is 0.110. The highest BCUT2D eigenvalue weighted by atomic mass is 79.9. The molecular formula is C16H14BrNO2S. The maximum Gasteiger partial charge on any atom is 0.234 e. The molecule has 0 bridgehead atoms. The van der Waals surface area contributed by atoms with E-state index < -0.39 is 0 Å². The molecule has 0 aliphatic carbocycles. The fourth-order valence-corrected chi connectivity index (χ4v) is 4.68. The second kappa shape index (κ2) is 5.73. The van der Waals surface area contributed by atoms with Crippen molar-refractivity contribution in [2.75, 3.05) is 0 Å². The summed E-state index contributed by atoms with van der Waals surface area (Å²) in [5, 5.41) is 4.46. The van der Waals surface area contributed by atoms with Gasteiger partial charge in [0.25, 0.3) is 0 Å². The van der Waals surface area contributed by atoms with Crippen LogP contribution in [-0.4, -0.2) is 11.8 Å². The van der Waals surface area contributed by atoms with Crippen molar-refractivity contribution in [3.8, 4) is 0 Å². The van der Waals surface area contributed by atoms with Gasteiger partial charge in [0.1, 0.15) is 0 Å². The van der Waals surface area contributed by atoms with Crippen LogP contribution < -0.4 is 5.32 Å². The van der Waals surface area contributed by atoms with Gasteiger partial charge in [-0.3, -0.25) is 14.9 Å². The summed E-state index contributed by atoms with van der Waals surface area (Å²) in [5.74, 6) is -0.832. The third-order valence-corrected chi connectivity index (χ3v) is 5.86. The van der Waals surface area contributed by atoms with Crippen molar-refractivity contribution in [3.63, 3.8) is 0 Å². The van der Waals surface area contributed by atoms with Crippen molar-refractivity contribution in [1.29, 1.82) is 0 Å². The Kier molecular flexibility index (Phi) is 3.95. The summed E-state index contributed by atoms with van der Waals surface area (Å²) in [6.07, 6.45) is 0.337. The molecule has 108 valence electrons. The largest absolute Gasteiger partial charge is 0.296 e. The molecule has 2 heterocycles. The van der Waals surface area contributed by atoms with Gasteiger partial charge in [-0.05, 0) is 45.4 Å². The van der Waals surface area contributed by atoms with E-state index >= 15 is 0 Å². The van der Waals surface area contributed by atoms with Crippen LogP contribution in [0.5, 0.6) is 0 Å². The van der Waals surface area contributed by atoms with Gasteiger partial charge in [0.2, 0.25) is 11.8 Å². The summed E-state index contributed by atoms with van der Waals surface area (Å²) >= 11 is 5.11. The first-order valence-corrected chi connectivity index (χ1v) is 8.37. The lowest BCUT2D eigenvalue weighted by atomic mass is 9.78. The minimum atomic E-state index is -0.321. The van der Waals surface area contributed by atoms with E-state index in [-0.39, 0.29) is 23.7 Å². The van der Waals surface area contributed by atoms with Gasteiger partial charge in [-0.15, -0.1) is 11.3 Å². The molecule has 0 radical (unpaired) electrons. The minimum Gasteiger partial charge on any atom is -0.296 e. The fourth-order valence-electron chi connectivity index (χ4n) is 2.87. The Hall–Kier alpha value is -1.46. The van der Waals surface area contributed by atoms with Crippen LogP contribution in [0.2, 0.25) is 0 Å². The van der Waals surface area contributed by atoms with Gasteiger partial charge >= 0.3 is 0 Å². The number of halogens is 1. The lowest BCUT2D eigenvalue weighted by Crippen LogP contribution is -2.43. The first-order chi connectivity index (χ1) is 10.1. The number of amides is 2. The molecule has 1 aromatic carbocycles. The van der Waals surface area contributed by atoms with Crippen LogP contribution in [0.4, 0.5) is 0 Å². The van der Waals surface area contributed by atoms with Crippen LogP contribution in [0.3, 0.4) is 0 Å². The van der Waals surface area contributed by atoms with Gasteiger partial charge in [0.05, 0.1) is 5.92 Å². The topological polar surface area (TPSA) is 46.2 Å². The molecule has 3 rings (SSSR count). The quantitative estimate of drug-likeness (QED) is 0.826. The molecule has 21 heavy (non-hydrogen) atoms. The van der Waals surface area contributed by atoms with Gasteiger partial charge in [-0.1, -0.05) is 24.3 Å². The van der Waals surface area contributed by atoms with Crippen LogP contribution in [0.25, 0.3) is 0 Å². The summed E-state index contributed by atoms with van der Waals surface area (Å²) in [6.45, 7) is 2.00. The maximum atomic E-state index is 12.4. The highest BCUT2D eigenvalue weighted by molar-refractivity contribution is 9.10. The van der Waals surface area contributed by atoms with Crippen LogP contribution in [-0.2, 0) is 9.59 Å².